The summed E-state index contributed by atoms with van der Waals surface area (Å²) >= 11 is 5.56. The van der Waals surface area contributed by atoms with Crippen LogP contribution in [0.5, 0.6) is 5.75 Å². The lowest BCUT2D eigenvalue weighted by molar-refractivity contribution is -0.142. The number of fused-ring (bicyclic) bond motifs is 1. The molecule has 32 nitrogen and oxygen atoms in total. The van der Waals surface area contributed by atoms with Gasteiger partial charge in [-0.3, -0.25) is 62.8 Å². The van der Waals surface area contributed by atoms with E-state index < -0.39 is 84.6 Å². The van der Waals surface area contributed by atoms with Gasteiger partial charge in [0.1, 0.15) is 17.8 Å². The van der Waals surface area contributed by atoms with Crippen molar-refractivity contribution in [1.82, 2.24) is 56.5 Å². The second-order valence-electron chi connectivity index (χ2n) is 24.1. The topological polar surface area (TPSA) is 439 Å². The number of unbranched alkanes of at least 4 members (excludes halogenated alkanes) is 4. The Morgan fingerprint density at radius 1 is 0.646 bits per heavy atom. The summed E-state index contributed by atoms with van der Waals surface area (Å²) in [7, 11) is -1.67. The number of rotatable bonds is 46. The summed E-state index contributed by atoms with van der Waals surface area (Å²) in [6, 6.07) is 10.8. The van der Waals surface area contributed by atoms with Gasteiger partial charge in [0.15, 0.2) is 11.7 Å². The van der Waals surface area contributed by atoms with Gasteiger partial charge in [0, 0.05) is 101 Å². The van der Waals surface area contributed by atoms with E-state index in [2.05, 4.69) is 42.2 Å². The van der Waals surface area contributed by atoms with Crippen LogP contribution in [0, 0.1) is 0 Å². The minimum atomic E-state index is -1.67. The number of likely N-dealkylation sites (tertiary alicyclic amines) is 1. The first-order valence-corrected chi connectivity index (χ1v) is 34.0. The van der Waals surface area contributed by atoms with E-state index in [1.807, 2.05) is 19.1 Å². The fraction of sp³-hybridized carbons (Fsp3) is 0.600. The number of hydrogen-bond donors (Lipinski definition) is 13. The number of carboxylic acids is 4. The smallest absolute Gasteiger partial charge is 0.475 e. The molecule has 1 aromatic heterocycles. The van der Waals surface area contributed by atoms with Crippen molar-refractivity contribution < 1.29 is 97.4 Å². The van der Waals surface area contributed by atoms with Crippen LogP contribution in [-0.4, -0.2) is 282 Å². The van der Waals surface area contributed by atoms with Crippen molar-refractivity contribution in [2.45, 2.75) is 121 Å². The number of carboxylic acid groups (broad SMARTS) is 4. The van der Waals surface area contributed by atoms with E-state index in [0.29, 0.717) is 105 Å². The Morgan fingerprint density at radius 2 is 1.29 bits per heavy atom. The standard InChI is InChI=1S/C65H97BN12O20S/c1-2-3-4-13-55(79)68-22-7-6-11-52(64(91)92)74-63(90)51(10-5-8-23-70-65(99)72-46-16-14-45(15-17-46)37-47-40-76(42-60(85)86)28-27-75(41-59(83)84)29-30-77(47)43-61(87)88)73-56(80)21-31-95-33-35-97-36-34-96-32-25-69-57(81)44-98-48-18-19-49-50(20-24-67-53(49)38-48)62(89)71-39-58(82)78-26-9-12-54(78)66(93)94/h14-20,24,38,47,51-52,54,93-94H,2-13,21-23,25-37,39-44H2,1H3,(H,68,79)(H,69,81)(H,71,89)(H,73,80)(H,74,90)(H,83,84)(H,85,86)(H,87,88)(H,91,92)(H2,70,72,99)/t47?,51-,52-,54-/m0/s1. The number of amides is 6. The van der Waals surface area contributed by atoms with Gasteiger partial charge in [0.05, 0.1) is 82.8 Å². The van der Waals surface area contributed by atoms with Gasteiger partial charge >= 0.3 is 31.0 Å². The average Bonchev–Trinajstić information content (AvgIpc) is 1.71. The van der Waals surface area contributed by atoms with Gasteiger partial charge in [0.25, 0.3) is 11.8 Å². The van der Waals surface area contributed by atoms with Gasteiger partial charge in [-0.15, -0.1) is 0 Å². The maximum atomic E-state index is 13.7. The summed E-state index contributed by atoms with van der Waals surface area (Å²) in [4.78, 5) is 136. The Labute approximate surface area is 581 Å². The molecule has 99 heavy (non-hydrogen) atoms. The number of benzene rings is 2. The van der Waals surface area contributed by atoms with Crippen LogP contribution in [-0.2, 0) is 63.8 Å². The summed E-state index contributed by atoms with van der Waals surface area (Å²) in [5.74, 6) is -7.41. The van der Waals surface area contributed by atoms with Crippen molar-refractivity contribution in [2.24, 2.45) is 0 Å². The van der Waals surface area contributed by atoms with E-state index in [1.54, 1.807) is 45.0 Å². The van der Waals surface area contributed by atoms with E-state index >= 15 is 0 Å². The Balaban J connectivity index is 0.998. The van der Waals surface area contributed by atoms with E-state index in [-0.39, 0.29) is 136 Å². The lowest BCUT2D eigenvalue weighted by atomic mass is 9.78. The molecule has 13 N–H and O–H groups in total. The van der Waals surface area contributed by atoms with Gasteiger partial charge in [-0.1, -0.05) is 31.9 Å². The van der Waals surface area contributed by atoms with Crippen LogP contribution in [0.25, 0.3) is 10.9 Å². The number of pyridine rings is 1. The fourth-order valence-corrected chi connectivity index (χ4v) is 11.4. The number of aliphatic carboxylic acids is 4. The van der Waals surface area contributed by atoms with Crippen molar-refractivity contribution >= 4 is 100 Å². The molecule has 2 aliphatic rings. The zero-order chi connectivity index (χ0) is 71.9. The second kappa shape index (κ2) is 45.5. The summed E-state index contributed by atoms with van der Waals surface area (Å²) < 4.78 is 22.4. The highest BCUT2D eigenvalue weighted by atomic mass is 32.1. The van der Waals surface area contributed by atoms with Crippen molar-refractivity contribution in [3.05, 3.63) is 65.9 Å². The summed E-state index contributed by atoms with van der Waals surface area (Å²) in [6.45, 7) is 4.08. The molecule has 2 aliphatic heterocycles. The van der Waals surface area contributed by atoms with Gasteiger partial charge in [-0.25, -0.2) is 4.79 Å². The van der Waals surface area contributed by atoms with Crippen molar-refractivity contribution in [1.29, 1.82) is 0 Å². The third-order valence-corrected chi connectivity index (χ3v) is 16.6. The van der Waals surface area contributed by atoms with Gasteiger partial charge in [0.2, 0.25) is 23.6 Å². The van der Waals surface area contributed by atoms with Crippen molar-refractivity contribution in [3.63, 3.8) is 0 Å². The number of thiocarbonyl (C=S) groups is 1. The van der Waals surface area contributed by atoms with Gasteiger partial charge in [-0.05, 0) is 112 Å². The zero-order valence-electron chi connectivity index (χ0n) is 56.2. The molecule has 0 aliphatic carbocycles. The molecule has 3 heterocycles. The van der Waals surface area contributed by atoms with E-state index in [1.165, 1.54) is 17.2 Å². The van der Waals surface area contributed by atoms with Crippen LogP contribution >= 0.6 is 12.2 Å². The molecule has 4 atom stereocenters. The molecule has 546 valence electrons. The number of hydrogen-bond acceptors (Lipinski definition) is 21. The Kier molecular flexibility index (Phi) is 37.4. The third kappa shape index (κ3) is 32.1. The average molecular weight is 1410 g/mol. The second-order valence-corrected chi connectivity index (χ2v) is 24.5. The molecule has 5 rings (SSSR count). The molecule has 1 unspecified atom stereocenters. The third-order valence-electron chi connectivity index (χ3n) is 16.4. The summed E-state index contributed by atoms with van der Waals surface area (Å²) in [5, 5.41) is 78.6. The SMILES string of the molecule is CCCCCC(=O)NCCCC[C@H](NC(=O)[C@H](CCCCNC(=S)Nc1ccc(CC2CN(CC(=O)O)CCN(CC(=O)O)CCN2CC(=O)O)cc1)NC(=O)CCOCCOCCOCCNC(=O)COc1ccc2c(C(=O)NCC(=O)N3CCC[C@H]3B(O)O)ccnc2c1)C(=O)O. The first kappa shape index (κ1) is 81.5. The lowest BCUT2D eigenvalue weighted by Gasteiger charge is -2.33. The predicted molar refractivity (Wildman–Crippen MR) is 366 cm³/mol. The summed E-state index contributed by atoms with van der Waals surface area (Å²) in [5.41, 5.74) is 2.17. The van der Waals surface area contributed by atoms with Crippen LogP contribution in [0.1, 0.15) is 106 Å². The highest BCUT2D eigenvalue weighted by molar-refractivity contribution is 7.80. The molecule has 6 amide bonds. The van der Waals surface area contributed by atoms with Crippen molar-refractivity contribution in [3.8, 4) is 5.75 Å². The van der Waals surface area contributed by atoms with E-state index in [0.717, 1.165) is 24.8 Å². The maximum absolute atomic E-state index is 13.7. The number of ether oxygens (including phenoxy) is 4. The minimum absolute atomic E-state index is 0.00805. The first-order valence-electron chi connectivity index (χ1n) is 33.6. The Bertz CT molecular complexity index is 3100. The minimum Gasteiger partial charge on any atom is -0.484 e. The molecule has 0 spiro atoms. The highest BCUT2D eigenvalue weighted by Gasteiger charge is 2.37. The highest BCUT2D eigenvalue weighted by Crippen LogP contribution is 2.24. The molecular formula is C65H97BN12O20S. The molecule has 2 aromatic carbocycles. The van der Waals surface area contributed by atoms with Crippen LogP contribution < -0.4 is 42.0 Å². The molecule has 2 fully saturated rings. The largest absolute Gasteiger partial charge is 0.484 e. The lowest BCUT2D eigenvalue weighted by Crippen LogP contribution is -2.51. The predicted octanol–water partition coefficient (Wildman–Crippen LogP) is 0.0649. The monoisotopic (exact) mass is 1410 g/mol. The van der Waals surface area contributed by atoms with Gasteiger partial charge in [-0.2, -0.15) is 0 Å². The molecule has 0 radical (unpaired) electrons. The first-order chi connectivity index (χ1) is 47.6. The van der Waals surface area contributed by atoms with Crippen molar-refractivity contribution in [2.75, 3.05) is 137 Å². The number of carbonyl (C=O) groups is 10. The number of anilines is 1. The number of carbonyl (C=O) groups excluding carboxylic acids is 6. The fourth-order valence-electron chi connectivity index (χ4n) is 11.2. The number of nitrogens with one attached hydrogen (secondary N) is 7. The molecule has 3 aromatic rings. The van der Waals surface area contributed by atoms with Crippen LogP contribution in [0.15, 0.2) is 54.7 Å². The molecule has 0 saturated carbocycles. The quantitative estimate of drug-likeness (QED) is 0.0202. The normalized spacial score (nSPS) is 15.8. The van der Waals surface area contributed by atoms with E-state index in [9.17, 15) is 78.4 Å². The summed E-state index contributed by atoms with van der Waals surface area (Å²) in [6.07, 6.45) is 7.96. The van der Waals surface area contributed by atoms with Crippen LogP contribution in [0.2, 0.25) is 0 Å². The van der Waals surface area contributed by atoms with E-state index in [4.69, 9.17) is 31.2 Å². The zero-order valence-corrected chi connectivity index (χ0v) is 57.0. The maximum Gasteiger partial charge on any atom is 0.475 e. The van der Waals surface area contributed by atoms with Crippen LogP contribution in [0.3, 0.4) is 0 Å². The molecular weight excluding hydrogens is 1310 g/mol. The van der Waals surface area contributed by atoms with Gasteiger partial charge < -0.3 is 91.5 Å². The molecule has 2 saturated heterocycles. The number of nitrogens with zero attached hydrogens (tertiary/aromatic N) is 5. The Hall–Kier alpha value is -8.22. The van der Waals surface area contributed by atoms with Crippen LogP contribution in [0.4, 0.5) is 5.69 Å². The molecule has 34 heteroatoms. The number of aromatic nitrogens is 1. The Morgan fingerprint density at radius 3 is 1.98 bits per heavy atom. The molecule has 0 bridgehead atoms.